The third-order valence-electron chi connectivity index (χ3n) is 2.53. The minimum Gasteiger partial charge on any atom is -0.335 e. The van der Waals surface area contributed by atoms with Gasteiger partial charge in [0.2, 0.25) is 0 Å². The lowest BCUT2D eigenvalue weighted by molar-refractivity contribution is -0.137. The van der Waals surface area contributed by atoms with Gasteiger partial charge in [0.05, 0.1) is 5.56 Å². The van der Waals surface area contributed by atoms with Crippen molar-refractivity contribution < 1.29 is 13.2 Å². The fraction of sp³-hybridized carbons (Fsp3) is 0.417. The number of benzene rings is 1. The molecular formula is C12H12ClF3N2S. The van der Waals surface area contributed by atoms with E-state index in [9.17, 15) is 13.2 Å². The van der Waals surface area contributed by atoms with Crippen LogP contribution in [0.25, 0.3) is 0 Å². The van der Waals surface area contributed by atoms with E-state index in [0.717, 1.165) is 17.9 Å². The van der Waals surface area contributed by atoms with Gasteiger partial charge in [-0.05, 0) is 24.1 Å². The van der Waals surface area contributed by atoms with Crippen LogP contribution >= 0.6 is 23.4 Å². The second-order valence-electron chi connectivity index (χ2n) is 4.41. The molecule has 0 aliphatic carbocycles. The molecule has 104 valence electrons. The molecule has 1 aliphatic heterocycles. The molecule has 2 rings (SSSR count). The summed E-state index contributed by atoms with van der Waals surface area (Å²) < 4.78 is 38.0. The molecular weight excluding hydrogens is 297 g/mol. The second kappa shape index (κ2) is 5.63. The topological polar surface area (TPSA) is 24.4 Å². The largest absolute Gasteiger partial charge is 0.416 e. The number of amidine groups is 1. The Hall–Kier alpha value is -0.880. The first-order chi connectivity index (χ1) is 8.84. The molecule has 19 heavy (non-hydrogen) atoms. The number of hydrogen-bond donors (Lipinski definition) is 1. The number of hydrogen-bond acceptors (Lipinski definition) is 3. The van der Waals surface area contributed by atoms with Crippen molar-refractivity contribution in [1.29, 1.82) is 0 Å². The number of alkyl halides is 3. The molecule has 1 aliphatic rings. The zero-order valence-corrected chi connectivity index (χ0v) is 11.7. The summed E-state index contributed by atoms with van der Waals surface area (Å²) in [4.78, 5) is 4.27. The Labute approximate surface area is 118 Å². The van der Waals surface area contributed by atoms with Crippen molar-refractivity contribution in [3.63, 3.8) is 0 Å². The van der Waals surface area contributed by atoms with Crippen molar-refractivity contribution in [2.24, 2.45) is 10.9 Å². The Morgan fingerprint density at radius 2 is 2.11 bits per heavy atom. The SMILES string of the molecule is CC1CN=C(Nc2cc(Cl)cc(C(F)(F)F)c2)SC1. The highest BCUT2D eigenvalue weighted by Gasteiger charge is 2.31. The summed E-state index contributed by atoms with van der Waals surface area (Å²) in [7, 11) is 0. The predicted octanol–water partition coefficient (Wildman–Crippen LogP) is 4.51. The van der Waals surface area contributed by atoms with Gasteiger partial charge in [0.1, 0.15) is 0 Å². The van der Waals surface area contributed by atoms with Crippen LogP contribution in [0.2, 0.25) is 5.02 Å². The molecule has 1 unspecified atom stereocenters. The second-order valence-corrected chi connectivity index (χ2v) is 5.86. The Morgan fingerprint density at radius 1 is 1.37 bits per heavy atom. The van der Waals surface area contributed by atoms with E-state index in [1.54, 1.807) is 0 Å². The lowest BCUT2D eigenvalue weighted by atomic mass is 10.2. The maximum absolute atomic E-state index is 12.7. The van der Waals surface area contributed by atoms with Gasteiger partial charge in [0.25, 0.3) is 0 Å². The Morgan fingerprint density at radius 3 is 2.68 bits per heavy atom. The lowest BCUT2D eigenvalue weighted by Gasteiger charge is -2.18. The molecule has 0 amide bonds. The van der Waals surface area contributed by atoms with Crippen LogP contribution in [0.4, 0.5) is 18.9 Å². The van der Waals surface area contributed by atoms with E-state index >= 15 is 0 Å². The van der Waals surface area contributed by atoms with Gasteiger partial charge < -0.3 is 5.32 Å². The molecule has 7 heteroatoms. The molecule has 0 saturated heterocycles. The maximum Gasteiger partial charge on any atom is 0.416 e. The smallest absolute Gasteiger partial charge is 0.335 e. The molecule has 1 atom stereocenters. The highest BCUT2D eigenvalue weighted by molar-refractivity contribution is 8.14. The van der Waals surface area contributed by atoms with Crippen molar-refractivity contribution in [2.45, 2.75) is 13.1 Å². The van der Waals surface area contributed by atoms with Crippen LogP contribution in [0.3, 0.4) is 0 Å². The zero-order chi connectivity index (χ0) is 14.0. The third-order valence-corrected chi connectivity index (χ3v) is 3.99. The zero-order valence-electron chi connectivity index (χ0n) is 10.1. The summed E-state index contributed by atoms with van der Waals surface area (Å²) in [6, 6.07) is 3.40. The number of aliphatic imine (C=N–C) groups is 1. The normalized spacial score (nSPS) is 20.1. The van der Waals surface area contributed by atoms with Gasteiger partial charge >= 0.3 is 6.18 Å². The van der Waals surface area contributed by atoms with Gasteiger partial charge in [0, 0.05) is 23.0 Å². The van der Waals surface area contributed by atoms with E-state index in [1.807, 2.05) is 0 Å². The van der Waals surface area contributed by atoms with Gasteiger partial charge in [-0.1, -0.05) is 30.3 Å². The summed E-state index contributed by atoms with van der Waals surface area (Å²) in [5, 5.41) is 3.56. The highest BCUT2D eigenvalue weighted by Crippen LogP contribution is 2.33. The van der Waals surface area contributed by atoms with E-state index in [-0.39, 0.29) is 5.02 Å². The maximum atomic E-state index is 12.7. The summed E-state index contributed by atoms with van der Waals surface area (Å²) in [6.45, 7) is 2.76. The molecule has 0 aromatic heterocycles. The average Bonchev–Trinajstić information content (AvgIpc) is 2.30. The third kappa shape index (κ3) is 4.04. The monoisotopic (exact) mass is 308 g/mol. The first-order valence-corrected chi connectivity index (χ1v) is 7.03. The average molecular weight is 309 g/mol. The fourth-order valence-electron chi connectivity index (χ4n) is 1.58. The summed E-state index contributed by atoms with van der Waals surface area (Å²) in [5.74, 6) is 1.39. The fourth-order valence-corrected chi connectivity index (χ4v) is 2.72. The molecule has 1 heterocycles. The molecule has 0 spiro atoms. The molecule has 0 fully saturated rings. The molecule has 0 bridgehead atoms. The number of nitrogens with zero attached hydrogens (tertiary/aromatic N) is 1. The molecule has 0 saturated carbocycles. The predicted molar refractivity (Wildman–Crippen MR) is 74.0 cm³/mol. The number of anilines is 1. The van der Waals surface area contributed by atoms with Crippen LogP contribution < -0.4 is 5.32 Å². The highest BCUT2D eigenvalue weighted by atomic mass is 35.5. The standard InChI is InChI=1S/C12H12ClF3N2S/c1-7-5-17-11(19-6-7)18-10-3-8(12(14,15)16)2-9(13)4-10/h2-4,7H,5-6H2,1H3,(H,17,18). The van der Waals surface area contributed by atoms with E-state index in [0.29, 0.717) is 23.3 Å². The van der Waals surface area contributed by atoms with Crippen molar-refractivity contribution >= 4 is 34.2 Å². The first-order valence-electron chi connectivity index (χ1n) is 5.66. The Kier molecular flexibility index (Phi) is 4.30. The van der Waals surface area contributed by atoms with Crippen LogP contribution in [0, 0.1) is 5.92 Å². The van der Waals surface area contributed by atoms with Crippen LogP contribution in [0.5, 0.6) is 0 Å². The summed E-state index contributed by atoms with van der Waals surface area (Å²) in [5.41, 5.74) is -0.460. The Bertz CT molecular complexity index is 502. The molecule has 1 aromatic rings. The Balaban J connectivity index is 2.19. The van der Waals surface area contributed by atoms with Crippen LogP contribution in [0.15, 0.2) is 23.2 Å². The van der Waals surface area contributed by atoms with Gasteiger partial charge in [-0.2, -0.15) is 13.2 Å². The number of nitrogens with one attached hydrogen (secondary N) is 1. The van der Waals surface area contributed by atoms with Crippen molar-refractivity contribution in [1.82, 2.24) is 0 Å². The minimum absolute atomic E-state index is 0.0482. The van der Waals surface area contributed by atoms with E-state index < -0.39 is 11.7 Å². The lowest BCUT2D eigenvalue weighted by Crippen LogP contribution is -2.19. The quantitative estimate of drug-likeness (QED) is 0.825. The van der Waals surface area contributed by atoms with Gasteiger partial charge in [0.15, 0.2) is 5.17 Å². The molecule has 1 aromatic carbocycles. The van der Waals surface area contributed by atoms with E-state index in [1.165, 1.54) is 17.8 Å². The molecule has 0 radical (unpaired) electrons. The summed E-state index contributed by atoms with van der Waals surface area (Å²) in [6.07, 6.45) is -4.41. The van der Waals surface area contributed by atoms with Crippen LogP contribution in [-0.2, 0) is 6.18 Å². The van der Waals surface area contributed by atoms with Crippen molar-refractivity contribution in [2.75, 3.05) is 17.6 Å². The van der Waals surface area contributed by atoms with Crippen LogP contribution in [0.1, 0.15) is 12.5 Å². The summed E-state index contributed by atoms with van der Waals surface area (Å²) >= 11 is 7.21. The van der Waals surface area contributed by atoms with Gasteiger partial charge in [-0.15, -0.1) is 0 Å². The first kappa shape index (κ1) is 14.5. The van der Waals surface area contributed by atoms with E-state index in [2.05, 4.69) is 17.2 Å². The van der Waals surface area contributed by atoms with Crippen LogP contribution in [-0.4, -0.2) is 17.5 Å². The number of thioether (sulfide) groups is 1. The minimum atomic E-state index is -4.41. The van der Waals surface area contributed by atoms with Gasteiger partial charge in [-0.25, -0.2) is 0 Å². The molecule has 1 N–H and O–H groups in total. The molecule has 2 nitrogen and oxygen atoms in total. The number of rotatable bonds is 1. The van der Waals surface area contributed by atoms with Crippen molar-refractivity contribution in [3.8, 4) is 0 Å². The van der Waals surface area contributed by atoms with Crippen molar-refractivity contribution in [3.05, 3.63) is 28.8 Å². The number of halogens is 4. The van der Waals surface area contributed by atoms with Gasteiger partial charge in [-0.3, -0.25) is 4.99 Å². The van der Waals surface area contributed by atoms with E-state index in [4.69, 9.17) is 11.6 Å².